The molecular weight excluding hydrogens is 276 g/mol. The van der Waals surface area contributed by atoms with E-state index in [9.17, 15) is 9.90 Å². The van der Waals surface area contributed by atoms with Gasteiger partial charge >= 0.3 is 5.97 Å². The number of aliphatic hydroxyl groups excluding tert-OH is 1. The number of carboxylic acids is 1. The Morgan fingerprint density at radius 3 is 2.58 bits per heavy atom. The van der Waals surface area contributed by atoms with E-state index in [4.69, 9.17) is 30.9 Å². The highest BCUT2D eigenvalue weighted by Crippen LogP contribution is 2.39. The van der Waals surface area contributed by atoms with Crippen LogP contribution in [0.3, 0.4) is 0 Å². The number of aliphatic hydroxyl groups is 1. The molecule has 7 heteroatoms. The van der Waals surface area contributed by atoms with Crippen LogP contribution in [0.4, 0.5) is 0 Å². The molecule has 0 fully saturated rings. The number of halogens is 1. The van der Waals surface area contributed by atoms with Gasteiger partial charge < -0.3 is 24.4 Å². The molecule has 1 unspecified atom stereocenters. The molecule has 2 N–H and O–H groups in total. The van der Waals surface area contributed by atoms with Crippen LogP contribution >= 0.6 is 11.6 Å². The summed E-state index contributed by atoms with van der Waals surface area (Å²) in [5, 5.41) is 18.6. The van der Waals surface area contributed by atoms with Crippen molar-refractivity contribution in [1.82, 2.24) is 0 Å². The number of methoxy groups -OCH3 is 2. The maximum atomic E-state index is 10.3. The van der Waals surface area contributed by atoms with Crippen LogP contribution in [0.15, 0.2) is 12.1 Å². The molecule has 0 radical (unpaired) electrons. The predicted octanol–water partition coefficient (Wildman–Crippen LogP) is 1.49. The zero-order chi connectivity index (χ0) is 14.4. The Hall–Kier alpha value is -1.50. The highest BCUT2D eigenvalue weighted by Gasteiger charge is 2.19. The summed E-state index contributed by atoms with van der Waals surface area (Å²) in [7, 11) is 2.88. The van der Waals surface area contributed by atoms with E-state index < -0.39 is 18.7 Å². The minimum Gasteiger partial charge on any atom is -0.495 e. The highest BCUT2D eigenvalue weighted by atomic mass is 35.5. The Morgan fingerprint density at radius 2 is 2.05 bits per heavy atom. The fraction of sp³-hybridized carbons (Fsp3) is 0.417. The second kappa shape index (κ2) is 7.18. The predicted molar refractivity (Wildman–Crippen MR) is 68.0 cm³/mol. The monoisotopic (exact) mass is 290 g/mol. The molecule has 106 valence electrons. The molecule has 0 saturated carbocycles. The fourth-order valence-electron chi connectivity index (χ4n) is 1.53. The van der Waals surface area contributed by atoms with Crippen molar-refractivity contribution < 1.29 is 29.2 Å². The molecule has 0 aliphatic rings. The number of hydrogen-bond donors (Lipinski definition) is 2. The van der Waals surface area contributed by atoms with Crippen LogP contribution in [0.1, 0.15) is 11.7 Å². The van der Waals surface area contributed by atoms with Gasteiger partial charge in [-0.3, -0.25) is 0 Å². The standard InChI is InChI=1S/C12H15ClO6/c1-17-9-4-3-7(12(18-2)11(9)13)8(14)5-19-6-10(15)16/h3-4,8,14H,5-6H2,1-2H3,(H,15,16). The van der Waals surface area contributed by atoms with Gasteiger partial charge in [0.2, 0.25) is 0 Å². The summed E-state index contributed by atoms with van der Waals surface area (Å²) in [5.74, 6) is -0.416. The van der Waals surface area contributed by atoms with E-state index in [-0.39, 0.29) is 17.4 Å². The molecule has 1 aromatic rings. The van der Waals surface area contributed by atoms with Gasteiger partial charge in [0.05, 0.1) is 20.8 Å². The molecule has 19 heavy (non-hydrogen) atoms. The number of aliphatic carboxylic acids is 1. The zero-order valence-electron chi connectivity index (χ0n) is 10.6. The smallest absolute Gasteiger partial charge is 0.329 e. The molecule has 6 nitrogen and oxygen atoms in total. The maximum Gasteiger partial charge on any atom is 0.329 e. The first-order chi connectivity index (χ1) is 9.01. The fourth-order valence-corrected chi connectivity index (χ4v) is 1.85. The first kappa shape index (κ1) is 15.6. The number of hydrogen-bond acceptors (Lipinski definition) is 5. The van der Waals surface area contributed by atoms with E-state index in [1.165, 1.54) is 14.2 Å². The highest BCUT2D eigenvalue weighted by molar-refractivity contribution is 6.33. The van der Waals surface area contributed by atoms with E-state index in [1.807, 2.05) is 0 Å². The second-order valence-corrected chi connectivity index (χ2v) is 4.01. The third-order valence-electron chi connectivity index (χ3n) is 2.38. The quantitative estimate of drug-likeness (QED) is 0.791. The third-order valence-corrected chi connectivity index (χ3v) is 2.73. The van der Waals surface area contributed by atoms with Crippen molar-refractivity contribution in [2.75, 3.05) is 27.4 Å². The number of carbonyl (C=O) groups is 1. The first-order valence-corrected chi connectivity index (χ1v) is 5.77. The lowest BCUT2D eigenvalue weighted by atomic mass is 10.1. The lowest BCUT2D eigenvalue weighted by Gasteiger charge is -2.17. The Balaban J connectivity index is 2.87. The zero-order valence-corrected chi connectivity index (χ0v) is 11.3. The van der Waals surface area contributed by atoms with Crippen molar-refractivity contribution in [2.24, 2.45) is 0 Å². The molecule has 0 spiro atoms. The molecule has 1 rings (SSSR count). The summed E-state index contributed by atoms with van der Waals surface area (Å²) in [6, 6.07) is 3.17. The van der Waals surface area contributed by atoms with Crippen molar-refractivity contribution in [3.8, 4) is 11.5 Å². The van der Waals surface area contributed by atoms with Crippen molar-refractivity contribution in [3.05, 3.63) is 22.7 Å². The Labute approximate surface area is 115 Å². The summed E-state index contributed by atoms with van der Waals surface area (Å²) in [4.78, 5) is 10.3. The Bertz CT molecular complexity index is 448. The summed E-state index contributed by atoms with van der Waals surface area (Å²) >= 11 is 6.05. The van der Waals surface area contributed by atoms with Gasteiger partial charge in [0.1, 0.15) is 29.2 Å². The van der Waals surface area contributed by atoms with E-state index in [0.29, 0.717) is 11.3 Å². The molecule has 0 aliphatic carbocycles. The van der Waals surface area contributed by atoms with Gasteiger partial charge in [-0.15, -0.1) is 0 Å². The van der Waals surface area contributed by atoms with Gasteiger partial charge in [0.25, 0.3) is 0 Å². The van der Waals surface area contributed by atoms with Gasteiger partial charge in [-0.2, -0.15) is 0 Å². The van der Waals surface area contributed by atoms with Crippen LogP contribution in [-0.4, -0.2) is 43.6 Å². The van der Waals surface area contributed by atoms with Gasteiger partial charge in [0.15, 0.2) is 0 Å². The largest absolute Gasteiger partial charge is 0.495 e. The molecule has 0 aromatic heterocycles. The van der Waals surface area contributed by atoms with Gasteiger partial charge in [-0.1, -0.05) is 11.6 Å². The number of carboxylic acid groups (broad SMARTS) is 1. The van der Waals surface area contributed by atoms with Gasteiger partial charge in [-0.25, -0.2) is 4.79 Å². The van der Waals surface area contributed by atoms with Crippen LogP contribution in [0.25, 0.3) is 0 Å². The normalized spacial score (nSPS) is 12.0. The summed E-state index contributed by atoms with van der Waals surface area (Å²) in [6.07, 6.45) is -1.04. The third kappa shape index (κ3) is 3.99. The minimum absolute atomic E-state index is 0.175. The molecule has 0 heterocycles. The Morgan fingerprint density at radius 1 is 1.37 bits per heavy atom. The van der Waals surface area contributed by atoms with Crippen molar-refractivity contribution in [1.29, 1.82) is 0 Å². The molecule has 1 aromatic carbocycles. The molecule has 0 amide bonds. The van der Waals surface area contributed by atoms with Crippen LogP contribution < -0.4 is 9.47 Å². The van der Waals surface area contributed by atoms with Crippen molar-refractivity contribution in [3.63, 3.8) is 0 Å². The average Bonchev–Trinajstić information content (AvgIpc) is 2.37. The average molecular weight is 291 g/mol. The molecule has 0 bridgehead atoms. The maximum absolute atomic E-state index is 10.3. The van der Waals surface area contributed by atoms with Crippen LogP contribution in [0.2, 0.25) is 5.02 Å². The number of benzene rings is 1. The van der Waals surface area contributed by atoms with Gasteiger partial charge in [0, 0.05) is 5.56 Å². The topological polar surface area (TPSA) is 85.2 Å². The second-order valence-electron chi connectivity index (χ2n) is 3.63. The van der Waals surface area contributed by atoms with Crippen molar-refractivity contribution >= 4 is 17.6 Å². The molecule has 0 aliphatic heterocycles. The van der Waals surface area contributed by atoms with Gasteiger partial charge in [-0.05, 0) is 12.1 Å². The Kier molecular flexibility index (Phi) is 5.88. The minimum atomic E-state index is -1.10. The molecular formula is C12H15ClO6. The van der Waals surface area contributed by atoms with Crippen molar-refractivity contribution in [2.45, 2.75) is 6.10 Å². The molecule has 0 saturated heterocycles. The summed E-state index contributed by atoms with van der Waals surface area (Å²) < 4.78 is 15.0. The van der Waals surface area contributed by atoms with E-state index in [1.54, 1.807) is 12.1 Å². The van der Waals surface area contributed by atoms with Crippen LogP contribution in [0.5, 0.6) is 11.5 Å². The number of ether oxygens (including phenoxy) is 3. The van der Waals surface area contributed by atoms with E-state index in [0.717, 1.165) is 0 Å². The summed E-state index contributed by atoms with van der Waals surface area (Å²) in [5.41, 5.74) is 0.402. The lowest BCUT2D eigenvalue weighted by Crippen LogP contribution is -2.13. The molecule has 1 atom stereocenters. The SMILES string of the molecule is COc1ccc(C(O)COCC(=O)O)c(OC)c1Cl. The number of rotatable bonds is 7. The van der Waals surface area contributed by atoms with Crippen LogP contribution in [0, 0.1) is 0 Å². The van der Waals surface area contributed by atoms with E-state index >= 15 is 0 Å². The van der Waals surface area contributed by atoms with E-state index in [2.05, 4.69) is 0 Å². The first-order valence-electron chi connectivity index (χ1n) is 5.39. The van der Waals surface area contributed by atoms with Crippen LogP contribution in [-0.2, 0) is 9.53 Å². The summed E-state index contributed by atoms with van der Waals surface area (Å²) in [6.45, 7) is -0.658. The lowest BCUT2D eigenvalue weighted by molar-refractivity contribution is -0.143.